The lowest BCUT2D eigenvalue weighted by molar-refractivity contribution is -0.143. The van der Waals surface area contributed by atoms with Crippen molar-refractivity contribution in [3.63, 3.8) is 0 Å². The van der Waals surface area contributed by atoms with Crippen molar-refractivity contribution in [3.05, 3.63) is 29.8 Å². The Kier molecular flexibility index (Phi) is 6.08. The molecule has 0 aromatic heterocycles. The van der Waals surface area contributed by atoms with E-state index in [-0.39, 0.29) is 12.0 Å². The number of benzene rings is 1. The van der Waals surface area contributed by atoms with Gasteiger partial charge in [0, 0.05) is 10.6 Å². The van der Waals surface area contributed by atoms with Crippen LogP contribution in [0.5, 0.6) is 0 Å². The molecule has 0 bridgehead atoms. The average molecular weight is 253 g/mol. The predicted molar refractivity (Wildman–Crippen MR) is 71.4 cm³/mol. The number of hydrogen-bond donors (Lipinski definition) is 1. The number of hydrogen-bond acceptors (Lipinski definition) is 4. The summed E-state index contributed by atoms with van der Waals surface area (Å²) in [6.45, 7) is 2.08. The van der Waals surface area contributed by atoms with E-state index in [0.717, 1.165) is 12.2 Å². The van der Waals surface area contributed by atoms with Crippen molar-refractivity contribution in [1.29, 1.82) is 0 Å². The van der Waals surface area contributed by atoms with Crippen LogP contribution in [0.3, 0.4) is 0 Å². The SMILES string of the molecule is CNC(CCSc1cccc(C)c1)C(=O)OC. The van der Waals surface area contributed by atoms with Gasteiger partial charge < -0.3 is 10.1 Å². The summed E-state index contributed by atoms with van der Waals surface area (Å²) in [4.78, 5) is 12.6. The third kappa shape index (κ3) is 4.79. The summed E-state index contributed by atoms with van der Waals surface area (Å²) in [5.74, 6) is 0.696. The maximum atomic E-state index is 11.3. The molecule has 0 amide bonds. The van der Waals surface area contributed by atoms with Crippen LogP contribution in [0.25, 0.3) is 0 Å². The maximum Gasteiger partial charge on any atom is 0.322 e. The van der Waals surface area contributed by atoms with Gasteiger partial charge in [0.2, 0.25) is 0 Å². The molecule has 0 aliphatic heterocycles. The molecule has 0 saturated heterocycles. The summed E-state index contributed by atoms with van der Waals surface area (Å²) in [5.41, 5.74) is 1.26. The first-order chi connectivity index (χ1) is 8.17. The Hall–Kier alpha value is -1.00. The number of nitrogens with one attached hydrogen (secondary N) is 1. The monoisotopic (exact) mass is 253 g/mol. The number of ether oxygens (including phenoxy) is 1. The van der Waals surface area contributed by atoms with Crippen LogP contribution in [0.4, 0.5) is 0 Å². The zero-order chi connectivity index (χ0) is 12.7. The van der Waals surface area contributed by atoms with Crippen molar-refractivity contribution < 1.29 is 9.53 Å². The highest BCUT2D eigenvalue weighted by atomic mass is 32.2. The van der Waals surface area contributed by atoms with E-state index in [1.165, 1.54) is 17.6 Å². The molecule has 3 nitrogen and oxygen atoms in total. The molecule has 1 N–H and O–H groups in total. The normalized spacial score (nSPS) is 12.2. The molecule has 0 saturated carbocycles. The van der Waals surface area contributed by atoms with E-state index >= 15 is 0 Å². The third-order valence-electron chi connectivity index (χ3n) is 2.50. The van der Waals surface area contributed by atoms with Gasteiger partial charge in [0.1, 0.15) is 6.04 Å². The van der Waals surface area contributed by atoms with E-state index in [2.05, 4.69) is 30.4 Å². The topological polar surface area (TPSA) is 38.3 Å². The lowest BCUT2D eigenvalue weighted by atomic mass is 10.2. The van der Waals surface area contributed by atoms with Crippen LogP contribution in [-0.2, 0) is 9.53 Å². The van der Waals surface area contributed by atoms with Gasteiger partial charge in [-0.25, -0.2) is 0 Å². The predicted octanol–water partition coefficient (Wildman–Crippen LogP) is 2.24. The van der Waals surface area contributed by atoms with Gasteiger partial charge in [-0.05, 0) is 32.5 Å². The van der Waals surface area contributed by atoms with Crippen LogP contribution in [0, 0.1) is 6.92 Å². The first kappa shape index (κ1) is 14.1. The highest BCUT2D eigenvalue weighted by Crippen LogP contribution is 2.20. The molecule has 0 heterocycles. The second-order valence-corrected chi connectivity index (χ2v) is 4.99. The Bertz CT molecular complexity index is 368. The molecule has 17 heavy (non-hydrogen) atoms. The van der Waals surface area contributed by atoms with Crippen LogP contribution in [0.1, 0.15) is 12.0 Å². The zero-order valence-electron chi connectivity index (χ0n) is 10.5. The smallest absolute Gasteiger partial charge is 0.322 e. The molecule has 1 aromatic carbocycles. The van der Waals surface area contributed by atoms with Gasteiger partial charge in [-0.1, -0.05) is 17.7 Å². The lowest BCUT2D eigenvalue weighted by Gasteiger charge is -2.13. The minimum absolute atomic E-state index is 0.197. The molecular formula is C13H19NO2S. The standard InChI is InChI=1S/C13H19NO2S/c1-10-5-4-6-11(9-10)17-8-7-12(14-2)13(15)16-3/h4-6,9,12,14H,7-8H2,1-3H3. The van der Waals surface area contributed by atoms with Crippen LogP contribution < -0.4 is 5.32 Å². The number of carbonyl (C=O) groups excluding carboxylic acids is 1. The fourth-order valence-electron chi connectivity index (χ4n) is 1.52. The minimum Gasteiger partial charge on any atom is -0.468 e. The van der Waals surface area contributed by atoms with E-state index in [4.69, 9.17) is 4.74 Å². The Labute approximate surface area is 107 Å². The highest BCUT2D eigenvalue weighted by Gasteiger charge is 2.15. The third-order valence-corrected chi connectivity index (χ3v) is 3.53. The van der Waals surface area contributed by atoms with E-state index in [0.29, 0.717) is 0 Å². The number of thioether (sulfide) groups is 1. The molecule has 0 aliphatic rings. The van der Waals surface area contributed by atoms with Crippen molar-refractivity contribution in [1.82, 2.24) is 5.32 Å². The Morgan fingerprint density at radius 2 is 2.29 bits per heavy atom. The van der Waals surface area contributed by atoms with E-state index in [1.54, 1.807) is 18.8 Å². The lowest BCUT2D eigenvalue weighted by Crippen LogP contribution is -2.35. The zero-order valence-corrected chi connectivity index (χ0v) is 11.3. The Balaban J connectivity index is 2.38. The summed E-state index contributed by atoms with van der Waals surface area (Å²) in [5, 5.41) is 2.96. The molecule has 94 valence electrons. The number of rotatable bonds is 6. The largest absolute Gasteiger partial charge is 0.468 e. The molecular weight excluding hydrogens is 234 g/mol. The van der Waals surface area contributed by atoms with Gasteiger partial charge in [0.05, 0.1) is 7.11 Å². The molecule has 1 aromatic rings. The second kappa shape index (κ2) is 7.35. The van der Waals surface area contributed by atoms with Crippen LogP contribution >= 0.6 is 11.8 Å². The highest BCUT2D eigenvalue weighted by molar-refractivity contribution is 7.99. The maximum absolute atomic E-state index is 11.3. The van der Waals surface area contributed by atoms with Crippen LogP contribution in [0.15, 0.2) is 29.2 Å². The van der Waals surface area contributed by atoms with Crippen molar-refractivity contribution in [3.8, 4) is 0 Å². The number of carbonyl (C=O) groups is 1. The van der Waals surface area contributed by atoms with Crippen molar-refractivity contribution in [2.75, 3.05) is 19.9 Å². The fourth-order valence-corrected chi connectivity index (χ4v) is 2.56. The van der Waals surface area contributed by atoms with E-state index in [9.17, 15) is 4.79 Å². The van der Waals surface area contributed by atoms with Crippen molar-refractivity contribution >= 4 is 17.7 Å². The van der Waals surface area contributed by atoms with E-state index in [1.807, 2.05) is 6.07 Å². The number of methoxy groups -OCH3 is 1. The molecule has 0 radical (unpaired) electrons. The molecule has 1 atom stereocenters. The summed E-state index contributed by atoms with van der Waals surface area (Å²) in [6, 6.07) is 8.15. The number of esters is 1. The molecule has 0 aliphatic carbocycles. The molecule has 1 unspecified atom stereocenters. The summed E-state index contributed by atoms with van der Waals surface area (Å²) >= 11 is 1.76. The quantitative estimate of drug-likeness (QED) is 0.623. The van der Waals surface area contributed by atoms with Crippen LogP contribution in [-0.4, -0.2) is 31.9 Å². The minimum atomic E-state index is -0.211. The second-order valence-electron chi connectivity index (χ2n) is 3.82. The van der Waals surface area contributed by atoms with Gasteiger partial charge in [-0.15, -0.1) is 11.8 Å². The van der Waals surface area contributed by atoms with Gasteiger partial charge in [-0.2, -0.15) is 0 Å². The molecule has 1 rings (SSSR count). The first-order valence-corrected chi connectivity index (χ1v) is 6.60. The summed E-state index contributed by atoms with van der Waals surface area (Å²) in [7, 11) is 3.19. The summed E-state index contributed by atoms with van der Waals surface area (Å²) < 4.78 is 4.71. The molecule has 4 heteroatoms. The number of aryl methyl sites for hydroxylation is 1. The van der Waals surface area contributed by atoms with Crippen LogP contribution in [0.2, 0.25) is 0 Å². The van der Waals surface area contributed by atoms with Crippen molar-refractivity contribution in [2.45, 2.75) is 24.3 Å². The van der Waals surface area contributed by atoms with Gasteiger partial charge >= 0.3 is 5.97 Å². The molecule has 0 fully saturated rings. The number of likely N-dealkylation sites (N-methyl/N-ethyl adjacent to an activating group) is 1. The van der Waals surface area contributed by atoms with Crippen molar-refractivity contribution in [2.24, 2.45) is 0 Å². The van der Waals surface area contributed by atoms with Gasteiger partial charge in [-0.3, -0.25) is 4.79 Å². The Morgan fingerprint density at radius 3 is 2.88 bits per heavy atom. The average Bonchev–Trinajstić information content (AvgIpc) is 2.34. The summed E-state index contributed by atoms with van der Waals surface area (Å²) in [6.07, 6.45) is 0.766. The van der Waals surface area contributed by atoms with E-state index < -0.39 is 0 Å². The van der Waals surface area contributed by atoms with Gasteiger partial charge in [0.15, 0.2) is 0 Å². The first-order valence-electron chi connectivity index (χ1n) is 5.62. The Morgan fingerprint density at radius 1 is 1.53 bits per heavy atom. The van der Waals surface area contributed by atoms with Gasteiger partial charge in [0.25, 0.3) is 0 Å². The fraction of sp³-hybridized carbons (Fsp3) is 0.462. The molecule has 0 spiro atoms.